The second kappa shape index (κ2) is 5.40. The Kier molecular flexibility index (Phi) is 4.20. The van der Waals surface area contributed by atoms with Crippen molar-refractivity contribution in [1.29, 1.82) is 0 Å². The Balaban J connectivity index is 2.28. The Morgan fingerprint density at radius 3 is 2.11 bits per heavy atom. The standard InChI is InChI=1S/C13H23NO4S/c1-9-5-3-6-10(2)14(9)19(17,18)12-8-4-7-11(12)13(15)16/h9-12H,3-8H2,1-2H3,(H,15,16). The van der Waals surface area contributed by atoms with E-state index in [-0.39, 0.29) is 12.1 Å². The lowest BCUT2D eigenvalue weighted by Crippen LogP contribution is -2.52. The van der Waals surface area contributed by atoms with Crippen LogP contribution in [0, 0.1) is 5.92 Å². The molecule has 0 bridgehead atoms. The lowest BCUT2D eigenvalue weighted by molar-refractivity contribution is -0.141. The summed E-state index contributed by atoms with van der Waals surface area (Å²) in [6, 6.07) is -0.0208. The summed E-state index contributed by atoms with van der Waals surface area (Å²) in [4.78, 5) is 11.2. The van der Waals surface area contributed by atoms with Crippen LogP contribution in [0.15, 0.2) is 0 Å². The Labute approximate surface area is 115 Å². The van der Waals surface area contributed by atoms with Gasteiger partial charge in [-0.05, 0) is 39.5 Å². The van der Waals surface area contributed by atoms with E-state index in [1.54, 1.807) is 4.31 Å². The number of hydrogen-bond acceptors (Lipinski definition) is 3. The van der Waals surface area contributed by atoms with E-state index in [0.717, 1.165) is 19.3 Å². The average Bonchev–Trinajstić information content (AvgIpc) is 2.77. The van der Waals surface area contributed by atoms with Crippen LogP contribution in [0.5, 0.6) is 0 Å². The SMILES string of the molecule is CC1CCCC(C)N1S(=O)(=O)C1CCCC1C(=O)O. The first-order valence-corrected chi connectivity index (χ1v) is 8.61. The topological polar surface area (TPSA) is 74.7 Å². The molecule has 0 spiro atoms. The number of rotatable bonds is 3. The van der Waals surface area contributed by atoms with Crippen LogP contribution in [0.2, 0.25) is 0 Å². The molecule has 0 aromatic heterocycles. The monoisotopic (exact) mass is 289 g/mol. The third-order valence-electron chi connectivity index (χ3n) is 4.56. The van der Waals surface area contributed by atoms with Gasteiger partial charge in [0.1, 0.15) is 0 Å². The molecule has 0 aromatic carbocycles. The summed E-state index contributed by atoms with van der Waals surface area (Å²) in [5.41, 5.74) is 0. The van der Waals surface area contributed by atoms with Crippen LogP contribution in [0.3, 0.4) is 0 Å². The second-order valence-corrected chi connectivity index (χ2v) is 7.97. The second-order valence-electron chi connectivity index (χ2n) is 5.92. The summed E-state index contributed by atoms with van der Waals surface area (Å²) in [6.07, 6.45) is 4.44. The van der Waals surface area contributed by atoms with Gasteiger partial charge in [0.05, 0.1) is 11.2 Å². The molecule has 1 N–H and O–H groups in total. The van der Waals surface area contributed by atoms with E-state index in [1.807, 2.05) is 13.8 Å². The normalized spacial score (nSPS) is 37.4. The summed E-state index contributed by atoms with van der Waals surface area (Å²) < 4.78 is 27.2. The fourth-order valence-electron chi connectivity index (χ4n) is 3.62. The molecule has 6 heteroatoms. The van der Waals surface area contributed by atoms with E-state index in [1.165, 1.54) is 0 Å². The number of hydrogen-bond donors (Lipinski definition) is 1. The molecule has 19 heavy (non-hydrogen) atoms. The van der Waals surface area contributed by atoms with Crippen LogP contribution in [-0.4, -0.2) is 41.1 Å². The molecule has 0 radical (unpaired) electrons. The molecule has 0 amide bonds. The molecule has 2 aliphatic rings. The smallest absolute Gasteiger partial charge is 0.307 e. The molecule has 4 atom stereocenters. The van der Waals surface area contributed by atoms with Crippen molar-refractivity contribution in [1.82, 2.24) is 4.31 Å². The van der Waals surface area contributed by atoms with Gasteiger partial charge in [0.15, 0.2) is 0 Å². The Bertz CT molecular complexity index is 438. The van der Waals surface area contributed by atoms with Crippen molar-refractivity contribution >= 4 is 16.0 Å². The van der Waals surface area contributed by atoms with Gasteiger partial charge < -0.3 is 5.11 Å². The number of aliphatic carboxylic acids is 1. The van der Waals surface area contributed by atoms with Crippen molar-refractivity contribution in [3.8, 4) is 0 Å². The summed E-state index contributed by atoms with van der Waals surface area (Å²) >= 11 is 0. The molecule has 1 saturated heterocycles. The number of sulfonamides is 1. The van der Waals surface area contributed by atoms with E-state index in [0.29, 0.717) is 19.3 Å². The van der Waals surface area contributed by atoms with Crippen LogP contribution < -0.4 is 0 Å². The van der Waals surface area contributed by atoms with Gasteiger partial charge >= 0.3 is 5.97 Å². The molecule has 1 aliphatic heterocycles. The summed E-state index contributed by atoms with van der Waals surface area (Å²) in [5.74, 6) is -1.70. The predicted molar refractivity (Wildman–Crippen MR) is 72.3 cm³/mol. The molecule has 1 saturated carbocycles. The lowest BCUT2D eigenvalue weighted by atomic mass is 10.0. The molecule has 1 aliphatic carbocycles. The molecule has 0 aromatic rings. The zero-order chi connectivity index (χ0) is 14.2. The minimum Gasteiger partial charge on any atom is -0.481 e. The van der Waals surface area contributed by atoms with Crippen LogP contribution >= 0.6 is 0 Å². The van der Waals surface area contributed by atoms with E-state index in [9.17, 15) is 18.3 Å². The number of carboxylic acids is 1. The zero-order valence-corrected chi connectivity index (χ0v) is 12.4. The van der Waals surface area contributed by atoms with Gasteiger partial charge in [0.2, 0.25) is 10.0 Å². The van der Waals surface area contributed by atoms with Gasteiger partial charge in [-0.15, -0.1) is 0 Å². The van der Waals surface area contributed by atoms with E-state index < -0.39 is 27.2 Å². The van der Waals surface area contributed by atoms with E-state index in [4.69, 9.17) is 0 Å². The van der Waals surface area contributed by atoms with Crippen molar-refractivity contribution in [2.75, 3.05) is 0 Å². The van der Waals surface area contributed by atoms with Gasteiger partial charge in [-0.3, -0.25) is 4.79 Å². The maximum Gasteiger partial charge on any atom is 0.307 e. The van der Waals surface area contributed by atoms with Gasteiger partial charge in [0, 0.05) is 12.1 Å². The highest BCUT2D eigenvalue weighted by Crippen LogP contribution is 2.36. The molecular formula is C13H23NO4S. The molecule has 4 unspecified atom stereocenters. The maximum atomic E-state index is 12.8. The van der Waals surface area contributed by atoms with E-state index >= 15 is 0 Å². The number of piperidine rings is 1. The first kappa shape index (κ1) is 14.8. The predicted octanol–water partition coefficient (Wildman–Crippen LogP) is 1.83. The van der Waals surface area contributed by atoms with Gasteiger partial charge in [-0.25, -0.2) is 8.42 Å². The van der Waals surface area contributed by atoms with Crippen molar-refractivity contribution in [2.45, 2.75) is 69.7 Å². The highest BCUT2D eigenvalue weighted by Gasteiger charge is 2.47. The van der Waals surface area contributed by atoms with Crippen LogP contribution in [0.4, 0.5) is 0 Å². The van der Waals surface area contributed by atoms with Crippen molar-refractivity contribution in [3.63, 3.8) is 0 Å². The fourth-order valence-corrected chi connectivity index (χ4v) is 6.28. The quantitative estimate of drug-likeness (QED) is 0.860. The first-order valence-electron chi connectivity index (χ1n) is 7.11. The summed E-state index contributed by atoms with van der Waals surface area (Å²) in [5, 5.41) is 8.47. The highest BCUT2D eigenvalue weighted by molar-refractivity contribution is 7.89. The average molecular weight is 289 g/mol. The number of carboxylic acid groups (broad SMARTS) is 1. The van der Waals surface area contributed by atoms with Crippen molar-refractivity contribution < 1.29 is 18.3 Å². The van der Waals surface area contributed by atoms with E-state index in [2.05, 4.69) is 0 Å². The number of carbonyl (C=O) groups is 1. The van der Waals surface area contributed by atoms with Crippen LogP contribution in [0.1, 0.15) is 52.4 Å². The molecule has 5 nitrogen and oxygen atoms in total. The van der Waals surface area contributed by atoms with Gasteiger partial charge in [0.25, 0.3) is 0 Å². The third kappa shape index (κ3) is 2.65. The minimum atomic E-state index is -3.50. The van der Waals surface area contributed by atoms with Gasteiger partial charge in [-0.1, -0.05) is 12.8 Å². The maximum absolute atomic E-state index is 12.8. The van der Waals surface area contributed by atoms with Gasteiger partial charge in [-0.2, -0.15) is 4.31 Å². The lowest BCUT2D eigenvalue weighted by Gasteiger charge is -2.39. The third-order valence-corrected chi connectivity index (χ3v) is 7.20. The molecule has 110 valence electrons. The highest BCUT2D eigenvalue weighted by atomic mass is 32.2. The largest absolute Gasteiger partial charge is 0.481 e. The fraction of sp³-hybridized carbons (Fsp3) is 0.923. The molecule has 2 fully saturated rings. The summed E-state index contributed by atoms with van der Waals surface area (Å²) in [6.45, 7) is 3.86. The van der Waals surface area contributed by atoms with Crippen molar-refractivity contribution in [2.24, 2.45) is 5.92 Å². The van der Waals surface area contributed by atoms with Crippen molar-refractivity contribution in [3.05, 3.63) is 0 Å². The minimum absolute atomic E-state index is 0.0104. The first-order chi connectivity index (χ1) is 8.85. The van der Waals surface area contributed by atoms with Crippen LogP contribution in [0.25, 0.3) is 0 Å². The Morgan fingerprint density at radius 2 is 1.58 bits per heavy atom. The number of nitrogens with zero attached hydrogens (tertiary/aromatic N) is 1. The summed E-state index contributed by atoms with van der Waals surface area (Å²) in [7, 11) is -3.50. The molecule has 1 heterocycles. The molecular weight excluding hydrogens is 266 g/mol. The Hall–Kier alpha value is -0.620. The molecule has 2 rings (SSSR count). The van der Waals surface area contributed by atoms with Crippen LogP contribution in [-0.2, 0) is 14.8 Å². The zero-order valence-electron chi connectivity index (χ0n) is 11.6. The Morgan fingerprint density at radius 1 is 1.05 bits per heavy atom.